The van der Waals surface area contributed by atoms with E-state index in [1.54, 1.807) is 0 Å². The Balaban J connectivity index is -0.00000112. The second kappa shape index (κ2) is 16.5. The summed E-state index contributed by atoms with van der Waals surface area (Å²) < 4.78 is 0. The fraction of sp³-hybridized carbons (Fsp3) is 0.833. The average molecular weight is 299 g/mol. The molecule has 0 atom stereocenters. The van der Waals surface area contributed by atoms with Crippen LogP contribution in [0.3, 0.4) is 0 Å². The summed E-state index contributed by atoms with van der Waals surface area (Å²) in [6.07, 6.45) is 11.7. The number of halogens is 2. The largest absolute Gasteiger partial charge is 1.00 e. The van der Waals surface area contributed by atoms with Crippen LogP contribution in [-0.2, 0) is 0 Å². The Kier molecular flexibility index (Phi) is 20.8. The van der Waals surface area contributed by atoms with Gasteiger partial charge in [0.05, 0.1) is 0 Å². The van der Waals surface area contributed by atoms with E-state index in [9.17, 15) is 0 Å². The molecule has 110 valence electrons. The van der Waals surface area contributed by atoms with Crippen LogP contribution >= 0.6 is 0 Å². The molecular formula is C12H28Cl2N4. The van der Waals surface area contributed by atoms with Gasteiger partial charge >= 0.3 is 0 Å². The van der Waals surface area contributed by atoms with E-state index in [0.717, 1.165) is 25.7 Å². The number of rotatable bonds is 11. The SMILES string of the molecule is NC(=[NH2+])CCCCCCCCCCC(N)=[NH2+].[Cl-].[Cl-]. The first kappa shape index (κ1) is 22.7. The third-order valence-corrected chi connectivity index (χ3v) is 2.68. The van der Waals surface area contributed by atoms with E-state index in [0.29, 0.717) is 11.7 Å². The lowest BCUT2D eigenvalue weighted by atomic mass is 10.1. The van der Waals surface area contributed by atoms with Crippen LogP contribution in [0.15, 0.2) is 0 Å². The van der Waals surface area contributed by atoms with Gasteiger partial charge in [-0.1, -0.05) is 38.5 Å². The smallest absolute Gasteiger partial charge is 0.238 e. The van der Waals surface area contributed by atoms with Crippen molar-refractivity contribution in [3.05, 3.63) is 0 Å². The number of amidine groups is 2. The molecule has 0 amide bonds. The molecular weight excluding hydrogens is 271 g/mol. The molecule has 0 spiro atoms. The Morgan fingerprint density at radius 2 is 0.778 bits per heavy atom. The summed E-state index contributed by atoms with van der Waals surface area (Å²) >= 11 is 0. The van der Waals surface area contributed by atoms with Gasteiger partial charge in [0.1, 0.15) is 0 Å². The maximum atomic E-state index is 5.38. The van der Waals surface area contributed by atoms with Gasteiger partial charge < -0.3 is 24.8 Å². The lowest BCUT2D eigenvalue weighted by molar-refractivity contribution is -0.119. The van der Waals surface area contributed by atoms with Crippen molar-refractivity contribution in [3.63, 3.8) is 0 Å². The van der Waals surface area contributed by atoms with Gasteiger partial charge in [-0.2, -0.15) is 0 Å². The predicted molar refractivity (Wildman–Crippen MR) is 68.4 cm³/mol. The van der Waals surface area contributed by atoms with Crippen molar-refractivity contribution in [2.45, 2.75) is 64.2 Å². The van der Waals surface area contributed by atoms with E-state index in [4.69, 9.17) is 22.3 Å². The summed E-state index contributed by atoms with van der Waals surface area (Å²) in [7, 11) is 0. The summed E-state index contributed by atoms with van der Waals surface area (Å²) in [5.41, 5.74) is 10.8. The Bertz CT molecular complexity index is 188. The zero-order valence-electron chi connectivity index (χ0n) is 11.1. The quantitative estimate of drug-likeness (QED) is 0.173. The molecule has 0 heterocycles. The van der Waals surface area contributed by atoms with E-state index in [1.165, 1.54) is 38.5 Å². The maximum absolute atomic E-state index is 5.38. The number of unbranched alkanes of at least 4 members (excludes halogenated alkanes) is 7. The third-order valence-electron chi connectivity index (χ3n) is 2.68. The molecule has 0 saturated heterocycles. The van der Waals surface area contributed by atoms with Gasteiger partial charge in [0, 0.05) is 12.8 Å². The van der Waals surface area contributed by atoms with Gasteiger partial charge in [-0.3, -0.25) is 22.3 Å². The van der Waals surface area contributed by atoms with Crippen molar-refractivity contribution in [2.75, 3.05) is 0 Å². The second-order valence-electron chi connectivity index (χ2n) is 4.48. The molecule has 4 nitrogen and oxygen atoms in total. The Hall–Kier alpha value is -0.480. The minimum Gasteiger partial charge on any atom is -1.00 e. The summed E-state index contributed by atoms with van der Waals surface area (Å²) in [5, 5.41) is 10.8. The molecule has 0 rings (SSSR count). The summed E-state index contributed by atoms with van der Waals surface area (Å²) in [4.78, 5) is 0. The predicted octanol–water partition coefficient (Wildman–Crippen LogP) is -6.87. The van der Waals surface area contributed by atoms with Crippen molar-refractivity contribution < 1.29 is 35.6 Å². The van der Waals surface area contributed by atoms with Crippen LogP contribution in [0.1, 0.15) is 64.2 Å². The molecule has 0 aromatic heterocycles. The highest BCUT2D eigenvalue weighted by molar-refractivity contribution is 5.73. The van der Waals surface area contributed by atoms with Crippen molar-refractivity contribution >= 4 is 11.7 Å². The van der Waals surface area contributed by atoms with E-state index in [1.807, 2.05) is 0 Å². The molecule has 0 saturated carbocycles. The average Bonchev–Trinajstić information content (AvgIpc) is 2.20. The summed E-state index contributed by atoms with van der Waals surface area (Å²) in [6.45, 7) is 0. The van der Waals surface area contributed by atoms with Gasteiger partial charge in [-0.05, 0) is 12.8 Å². The zero-order chi connectivity index (χ0) is 12.2. The first-order chi connectivity index (χ1) is 7.63. The first-order valence-electron chi connectivity index (χ1n) is 6.36. The van der Waals surface area contributed by atoms with Crippen LogP contribution in [0, 0.1) is 0 Å². The highest BCUT2D eigenvalue weighted by Gasteiger charge is 1.97. The van der Waals surface area contributed by atoms with Crippen LogP contribution in [0.4, 0.5) is 0 Å². The number of hydrogen-bond acceptors (Lipinski definition) is 0. The fourth-order valence-electron chi connectivity index (χ4n) is 1.72. The Morgan fingerprint density at radius 1 is 0.556 bits per heavy atom. The van der Waals surface area contributed by atoms with E-state index >= 15 is 0 Å². The minimum atomic E-state index is 0. The molecule has 0 aromatic rings. The van der Waals surface area contributed by atoms with Gasteiger partial charge in [0.2, 0.25) is 11.7 Å². The van der Waals surface area contributed by atoms with E-state index in [-0.39, 0.29) is 24.8 Å². The zero-order valence-corrected chi connectivity index (χ0v) is 12.6. The lowest BCUT2D eigenvalue weighted by Crippen LogP contribution is -3.00. The van der Waals surface area contributed by atoms with Gasteiger partial charge in [0.25, 0.3) is 0 Å². The van der Waals surface area contributed by atoms with Crippen molar-refractivity contribution in [1.29, 1.82) is 0 Å². The normalized spacial score (nSPS) is 9.11. The summed E-state index contributed by atoms with van der Waals surface area (Å²) in [5.74, 6) is 1.13. The Labute approximate surface area is 123 Å². The van der Waals surface area contributed by atoms with Crippen LogP contribution in [0.5, 0.6) is 0 Å². The minimum absolute atomic E-state index is 0. The molecule has 0 bridgehead atoms. The third kappa shape index (κ3) is 20.9. The monoisotopic (exact) mass is 298 g/mol. The molecule has 0 aliphatic rings. The van der Waals surface area contributed by atoms with Crippen LogP contribution in [0.25, 0.3) is 0 Å². The topological polar surface area (TPSA) is 103 Å². The molecule has 0 aliphatic carbocycles. The van der Waals surface area contributed by atoms with Crippen LogP contribution in [-0.4, -0.2) is 11.7 Å². The van der Waals surface area contributed by atoms with Crippen LogP contribution in [0.2, 0.25) is 0 Å². The molecule has 0 aromatic carbocycles. The van der Waals surface area contributed by atoms with Crippen molar-refractivity contribution in [3.8, 4) is 0 Å². The highest BCUT2D eigenvalue weighted by atomic mass is 35.5. The summed E-state index contributed by atoms with van der Waals surface area (Å²) in [6, 6.07) is 0. The Morgan fingerprint density at radius 3 is 1.00 bits per heavy atom. The molecule has 0 aliphatic heterocycles. The highest BCUT2D eigenvalue weighted by Crippen LogP contribution is 2.09. The molecule has 18 heavy (non-hydrogen) atoms. The number of nitrogens with two attached hydrogens (primary N) is 4. The standard InChI is InChI=1S/C12H26N4.2ClH/c13-11(14)9-7-5-3-1-2-4-6-8-10-12(15)16;;/h1-10H2,(H3,13,14)(H3,15,16);2*1H. The fourth-order valence-corrected chi connectivity index (χ4v) is 1.72. The van der Waals surface area contributed by atoms with E-state index < -0.39 is 0 Å². The molecule has 0 fully saturated rings. The lowest BCUT2D eigenvalue weighted by Gasteiger charge is -2.00. The van der Waals surface area contributed by atoms with Gasteiger partial charge in [-0.25, -0.2) is 0 Å². The van der Waals surface area contributed by atoms with Crippen molar-refractivity contribution in [2.24, 2.45) is 11.5 Å². The van der Waals surface area contributed by atoms with Gasteiger partial charge in [-0.15, -0.1) is 0 Å². The van der Waals surface area contributed by atoms with Crippen LogP contribution < -0.4 is 47.1 Å². The first-order valence-corrected chi connectivity index (χ1v) is 6.36. The maximum Gasteiger partial charge on any atom is 0.238 e. The van der Waals surface area contributed by atoms with Crippen molar-refractivity contribution in [1.82, 2.24) is 0 Å². The molecule has 0 unspecified atom stereocenters. The second-order valence-corrected chi connectivity index (χ2v) is 4.48. The van der Waals surface area contributed by atoms with E-state index in [2.05, 4.69) is 0 Å². The molecule has 0 radical (unpaired) electrons. The molecule has 6 heteroatoms. The number of hydrogen-bond donors (Lipinski definition) is 4. The van der Waals surface area contributed by atoms with Gasteiger partial charge in [0.15, 0.2) is 0 Å². The molecule has 8 N–H and O–H groups in total.